The lowest BCUT2D eigenvalue weighted by Gasteiger charge is -2.14. The van der Waals surface area contributed by atoms with E-state index in [4.69, 9.17) is 4.84 Å². The normalized spacial score (nSPS) is 23.6. The summed E-state index contributed by atoms with van der Waals surface area (Å²) < 4.78 is 0. The van der Waals surface area contributed by atoms with Gasteiger partial charge in [0, 0.05) is 5.92 Å². The maximum atomic E-state index is 4.84. The minimum Gasteiger partial charge on any atom is -0.396 e. The van der Waals surface area contributed by atoms with Crippen molar-refractivity contribution in [2.75, 3.05) is 6.61 Å². The van der Waals surface area contributed by atoms with E-state index in [0.29, 0.717) is 5.92 Å². The second kappa shape index (κ2) is 5.27. The summed E-state index contributed by atoms with van der Waals surface area (Å²) >= 11 is 0. The third-order valence-electron chi connectivity index (χ3n) is 1.56. The van der Waals surface area contributed by atoms with Gasteiger partial charge in [0.25, 0.3) is 0 Å². The Morgan fingerprint density at radius 2 is 2.10 bits per heavy atom. The van der Waals surface area contributed by atoms with Crippen molar-refractivity contribution >= 4 is 5.71 Å². The third-order valence-corrected chi connectivity index (χ3v) is 1.56. The molecule has 0 saturated heterocycles. The third kappa shape index (κ3) is 2.85. The van der Waals surface area contributed by atoms with Gasteiger partial charge in [0.15, 0.2) is 0 Å². The zero-order valence-corrected chi connectivity index (χ0v) is 7.35. The van der Waals surface area contributed by atoms with E-state index in [1.807, 2.05) is 20.8 Å². The molecule has 0 aliphatic carbocycles. The van der Waals surface area contributed by atoms with Crippen LogP contribution in [0.25, 0.3) is 0 Å². The van der Waals surface area contributed by atoms with E-state index in [2.05, 4.69) is 12.1 Å². The molecule has 1 rings (SSSR count). The molecule has 1 aliphatic rings. The first-order chi connectivity index (χ1) is 4.80. The molecular weight excluding hydrogens is 126 g/mol. The minimum atomic E-state index is 0.628. The molecule has 10 heavy (non-hydrogen) atoms. The average molecular weight is 143 g/mol. The van der Waals surface area contributed by atoms with Crippen molar-refractivity contribution < 1.29 is 4.84 Å². The molecule has 0 spiro atoms. The maximum Gasteiger partial charge on any atom is 0.117 e. The Kier molecular flexibility index (Phi) is 4.99. The van der Waals surface area contributed by atoms with Gasteiger partial charge in [-0.2, -0.15) is 0 Å². The summed E-state index contributed by atoms with van der Waals surface area (Å²) in [6.07, 6.45) is 1.12. The smallest absolute Gasteiger partial charge is 0.117 e. The van der Waals surface area contributed by atoms with Crippen LogP contribution in [0.3, 0.4) is 0 Å². The van der Waals surface area contributed by atoms with Gasteiger partial charge >= 0.3 is 0 Å². The molecule has 1 unspecified atom stereocenters. The van der Waals surface area contributed by atoms with Crippen molar-refractivity contribution in [3.63, 3.8) is 0 Å². The molecule has 0 aromatic heterocycles. The zero-order valence-electron chi connectivity index (χ0n) is 7.35. The molecule has 60 valence electrons. The Balaban J connectivity index is 0.000000371. The van der Waals surface area contributed by atoms with E-state index < -0.39 is 0 Å². The van der Waals surface area contributed by atoms with Crippen molar-refractivity contribution in [2.45, 2.75) is 34.1 Å². The Bertz CT molecular complexity index is 110. The summed E-state index contributed by atoms with van der Waals surface area (Å²) in [6, 6.07) is 0. The van der Waals surface area contributed by atoms with Gasteiger partial charge in [-0.25, -0.2) is 0 Å². The van der Waals surface area contributed by atoms with E-state index in [9.17, 15) is 0 Å². The number of oxime groups is 1. The Morgan fingerprint density at radius 3 is 2.40 bits per heavy atom. The highest BCUT2D eigenvalue weighted by Gasteiger charge is 2.09. The summed E-state index contributed by atoms with van der Waals surface area (Å²) in [4.78, 5) is 4.84. The van der Waals surface area contributed by atoms with Crippen LogP contribution in [-0.2, 0) is 4.84 Å². The van der Waals surface area contributed by atoms with Crippen LogP contribution in [0.1, 0.15) is 34.1 Å². The van der Waals surface area contributed by atoms with Gasteiger partial charge in [-0.3, -0.25) is 0 Å². The molecule has 1 atom stereocenters. The van der Waals surface area contributed by atoms with Gasteiger partial charge in [-0.05, 0) is 13.3 Å². The van der Waals surface area contributed by atoms with Crippen LogP contribution < -0.4 is 0 Å². The molecule has 0 fully saturated rings. The number of hydrogen-bond acceptors (Lipinski definition) is 2. The Hall–Kier alpha value is -0.530. The van der Waals surface area contributed by atoms with Crippen LogP contribution in [0.4, 0.5) is 0 Å². The highest BCUT2D eigenvalue weighted by Crippen LogP contribution is 2.09. The molecule has 0 radical (unpaired) electrons. The Morgan fingerprint density at radius 1 is 1.50 bits per heavy atom. The molecule has 0 N–H and O–H groups in total. The lowest BCUT2D eigenvalue weighted by Crippen LogP contribution is -2.14. The fourth-order valence-corrected chi connectivity index (χ4v) is 0.676. The monoisotopic (exact) mass is 143 g/mol. The summed E-state index contributed by atoms with van der Waals surface area (Å²) in [5.41, 5.74) is 1.12. The SMILES string of the molecule is CC.CC1=NOCCC1C. The first kappa shape index (κ1) is 9.47. The molecule has 0 aromatic carbocycles. The maximum absolute atomic E-state index is 4.84. The molecule has 1 aliphatic heterocycles. The number of nitrogens with zero attached hydrogens (tertiary/aromatic N) is 1. The summed E-state index contributed by atoms with van der Waals surface area (Å²) in [5, 5.41) is 3.83. The molecule has 0 saturated carbocycles. The van der Waals surface area contributed by atoms with E-state index in [0.717, 1.165) is 18.7 Å². The lowest BCUT2D eigenvalue weighted by atomic mass is 10.0. The number of hydrogen-bond donors (Lipinski definition) is 0. The molecule has 0 aromatic rings. The van der Waals surface area contributed by atoms with E-state index in [1.54, 1.807) is 0 Å². The van der Waals surface area contributed by atoms with Crippen molar-refractivity contribution in [1.82, 2.24) is 0 Å². The zero-order chi connectivity index (χ0) is 7.98. The largest absolute Gasteiger partial charge is 0.396 e. The van der Waals surface area contributed by atoms with Crippen LogP contribution in [0, 0.1) is 5.92 Å². The van der Waals surface area contributed by atoms with Crippen molar-refractivity contribution in [3.8, 4) is 0 Å². The van der Waals surface area contributed by atoms with E-state index in [-0.39, 0.29) is 0 Å². The average Bonchev–Trinajstić information content (AvgIpc) is 2.00. The summed E-state index contributed by atoms with van der Waals surface area (Å²) in [6.45, 7) is 8.96. The molecule has 0 amide bonds. The molecule has 1 heterocycles. The van der Waals surface area contributed by atoms with Gasteiger partial charge in [-0.1, -0.05) is 25.9 Å². The van der Waals surface area contributed by atoms with Crippen LogP contribution >= 0.6 is 0 Å². The molecule has 0 bridgehead atoms. The first-order valence-corrected chi connectivity index (χ1v) is 3.97. The highest BCUT2D eigenvalue weighted by molar-refractivity contribution is 5.83. The standard InChI is InChI=1S/C6H11NO.C2H6/c1-5-3-4-8-7-6(5)2;1-2/h5H,3-4H2,1-2H3;1-2H3. The van der Waals surface area contributed by atoms with Gasteiger partial charge in [0.1, 0.15) is 6.61 Å². The summed E-state index contributed by atoms with van der Waals surface area (Å²) in [7, 11) is 0. The van der Waals surface area contributed by atoms with Gasteiger partial charge in [0.2, 0.25) is 0 Å². The Labute approximate surface area is 63.3 Å². The number of rotatable bonds is 0. The second-order valence-electron chi connectivity index (χ2n) is 2.26. The topological polar surface area (TPSA) is 21.6 Å². The van der Waals surface area contributed by atoms with Crippen molar-refractivity contribution in [2.24, 2.45) is 11.1 Å². The second-order valence-corrected chi connectivity index (χ2v) is 2.26. The van der Waals surface area contributed by atoms with Crippen molar-refractivity contribution in [3.05, 3.63) is 0 Å². The van der Waals surface area contributed by atoms with Crippen LogP contribution in [0.2, 0.25) is 0 Å². The van der Waals surface area contributed by atoms with Crippen LogP contribution in [-0.4, -0.2) is 12.3 Å². The predicted octanol–water partition coefficient (Wildman–Crippen LogP) is 2.44. The van der Waals surface area contributed by atoms with Crippen LogP contribution in [0.15, 0.2) is 5.16 Å². The van der Waals surface area contributed by atoms with Crippen molar-refractivity contribution in [1.29, 1.82) is 0 Å². The van der Waals surface area contributed by atoms with Gasteiger partial charge < -0.3 is 4.84 Å². The molecule has 2 heteroatoms. The van der Waals surface area contributed by atoms with E-state index in [1.165, 1.54) is 0 Å². The quantitative estimate of drug-likeness (QED) is 0.510. The predicted molar refractivity (Wildman–Crippen MR) is 44.2 cm³/mol. The van der Waals surface area contributed by atoms with Gasteiger partial charge in [0.05, 0.1) is 5.71 Å². The summed E-state index contributed by atoms with van der Waals surface area (Å²) in [5.74, 6) is 0.628. The van der Waals surface area contributed by atoms with Crippen LogP contribution in [0.5, 0.6) is 0 Å². The first-order valence-electron chi connectivity index (χ1n) is 3.97. The molecule has 2 nitrogen and oxygen atoms in total. The minimum absolute atomic E-state index is 0.628. The fraction of sp³-hybridized carbons (Fsp3) is 0.875. The molecular formula is C8H17NO. The highest BCUT2D eigenvalue weighted by atomic mass is 16.6. The lowest BCUT2D eigenvalue weighted by molar-refractivity contribution is 0.120. The fourth-order valence-electron chi connectivity index (χ4n) is 0.676. The van der Waals surface area contributed by atoms with E-state index >= 15 is 0 Å². The van der Waals surface area contributed by atoms with Gasteiger partial charge in [-0.15, -0.1) is 0 Å².